The molecule has 1 fully saturated rings. The van der Waals surface area contributed by atoms with Crippen LogP contribution in [0.5, 0.6) is 0 Å². The maximum atomic E-state index is 6.10. The fourth-order valence-electron chi connectivity index (χ4n) is 3.49. The largest absolute Gasteiger partial charge is 0.352 e. The molecule has 0 aromatic rings. The van der Waals surface area contributed by atoms with Gasteiger partial charge in [-0.05, 0) is 31.6 Å². The summed E-state index contributed by atoms with van der Waals surface area (Å²) in [6, 6.07) is 0. The smallest absolute Gasteiger partial charge is 0.160 e. The van der Waals surface area contributed by atoms with Gasteiger partial charge in [0, 0.05) is 11.3 Å². The van der Waals surface area contributed by atoms with Crippen molar-refractivity contribution in [3.63, 3.8) is 0 Å². The molecule has 110 valence electrons. The molecular weight excluding hydrogens is 236 g/mol. The average Bonchev–Trinajstić information content (AvgIpc) is 2.37. The topological polar surface area (TPSA) is 18.5 Å². The van der Waals surface area contributed by atoms with Gasteiger partial charge in [-0.25, -0.2) is 0 Å². The predicted octanol–water partition coefficient (Wildman–Crippen LogP) is 4.40. The molecule has 2 nitrogen and oxygen atoms in total. The zero-order valence-corrected chi connectivity index (χ0v) is 13.2. The minimum absolute atomic E-state index is 0.0169. The van der Waals surface area contributed by atoms with Crippen LogP contribution in [0.4, 0.5) is 0 Å². The van der Waals surface area contributed by atoms with Crippen LogP contribution >= 0.6 is 0 Å². The molecule has 0 aromatic carbocycles. The lowest BCUT2D eigenvalue weighted by molar-refractivity contribution is -0.257. The first-order valence-electron chi connectivity index (χ1n) is 7.85. The third-order valence-corrected chi connectivity index (χ3v) is 5.17. The maximum Gasteiger partial charge on any atom is 0.160 e. The van der Waals surface area contributed by atoms with E-state index < -0.39 is 0 Å². The first-order chi connectivity index (χ1) is 8.94. The van der Waals surface area contributed by atoms with E-state index in [0.717, 1.165) is 19.6 Å². The van der Waals surface area contributed by atoms with Gasteiger partial charge in [-0.3, -0.25) is 0 Å². The lowest BCUT2D eigenvalue weighted by Gasteiger charge is -2.44. The summed E-state index contributed by atoms with van der Waals surface area (Å²) in [6.45, 7) is 13.1. The van der Waals surface area contributed by atoms with Gasteiger partial charge in [-0.2, -0.15) is 0 Å². The summed E-state index contributed by atoms with van der Waals surface area (Å²) in [7, 11) is 0. The van der Waals surface area contributed by atoms with E-state index >= 15 is 0 Å². The van der Waals surface area contributed by atoms with Crippen molar-refractivity contribution in [2.75, 3.05) is 13.2 Å². The molecule has 1 aliphatic carbocycles. The summed E-state index contributed by atoms with van der Waals surface area (Å²) in [6.07, 6.45) is 5.93. The monoisotopic (exact) mass is 266 g/mol. The first kappa shape index (κ1) is 15.1. The summed E-state index contributed by atoms with van der Waals surface area (Å²) >= 11 is 0. The zero-order valence-electron chi connectivity index (χ0n) is 13.2. The number of hydrogen-bond acceptors (Lipinski definition) is 2. The Morgan fingerprint density at radius 1 is 1.37 bits per heavy atom. The van der Waals surface area contributed by atoms with Crippen molar-refractivity contribution < 1.29 is 9.47 Å². The number of allylic oxidation sites excluding steroid dienone is 2. The molecule has 0 aromatic heterocycles. The fourth-order valence-corrected chi connectivity index (χ4v) is 3.49. The number of hydrogen-bond donors (Lipinski definition) is 0. The third kappa shape index (κ3) is 3.41. The SMILES string of the molecule is CCC(C)C1(C)COC(C2CC(C)=CC(C)C2)OC1. The van der Waals surface area contributed by atoms with Crippen molar-refractivity contribution in [2.24, 2.45) is 23.2 Å². The van der Waals surface area contributed by atoms with E-state index in [0.29, 0.717) is 17.8 Å². The van der Waals surface area contributed by atoms with Crippen LogP contribution in [0.1, 0.15) is 53.9 Å². The van der Waals surface area contributed by atoms with E-state index in [1.165, 1.54) is 18.4 Å². The molecule has 19 heavy (non-hydrogen) atoms. The highest BCUT2D eigenvalue weighted by Gasteiger charge is 2.39. The van der Waals surface area contributed by atoms with Crippen LogP contribution in [0.3, 0.4) is 0 Å². The van der Waals surface area contributed by atoms with Crippen molar-refractivity contribution >= 4 is 0 Å². The van der Waals surface area contributed by atoms with E-state index in [9.17, 15) is 0 Å². The quantitative estimate of drug-likeness (QED) is 0.705. The van der Waals surface area contributed by atoms with Crippen LogP contribution in [-0.4, -0.2) is 19.5 Å². The average molecular weight is 266 g/mol. The van der Waals surface area contributed by atoms with Gasteiger partial charge in [0.25, 0.3) is 0 Å². The van der Waals surface area contributed by atoms with Gasteiger partial charge in [-0.1, -0.05) is 45.8 Å². The lowest BCUT2D eigenvalue weighted by atomic mass is 9.77. The van der Waals surface area contributed by atoms with Crippen LogP contribution in [0, 0.1) is 23.2 Å². The van der Waals surface area contributed by atoms with Gasteiger partial charge >= 0.3 is 0 Å². The molecular formula is C17H30O2. The van der Waals surface area contributed by atoms with Crippen LogP contribution in [0.25, 0.3) is 0 Å². The second-order valence-electron chi connectivity index (χ2n) is 7.14. The Balaban J connectivity index is 1.92. The Bertz CT molecular complexity index is 326. The highest BCUT2D eigenvalue weighted by Crippen LogP contribution is 2.39. The van der Waals surface area contributed by atoms with Crippen molar-refractivity contribution in [3.05, 3.63) is 11.6 Å². The summed E-state index contributed by atoms with van der Waals surface area (Å²) in [4.78, 5) is 0. The van der Waals surface area contributed by atoms with Crippen LogP contribution < -0.4 is 0 Å². The normalized spacial score (nSPS) is 41.7. The van der Waals surface area contributed by atoms with Crippen molar-refractivity contribution in [1.82, 2.24) is 0 Å². The second kappa shape index (κ2) is 5.97. The van der Waals surface area contributed by atoms with Crippen molar-refractivity contribution in [1.29, 1.82) is 0 Å². The van der Waals surface area contributed by atoms with Gasteiger partial charge in [0.1, 0.15) is 0 Å². The molecule has 0 N–H and O–H groups in total. The molecule has 0 saturated carbocycles. The Kier molecular flexibility index (Phi) is 4.73. The fraction of sp³-hybridized carbons (Fsp3) is 0.882. The molecule has 0 bridgehead atoms. The molecule has 3 unspecified atom stereocenters. The van der Waals surface area contributed by atoms with E-state index in [1.54, 1.807) is 0 Å². The first-order valence-corrected chi connectivity index (χ1v) is 7.85. The molecule has 3 atom stereocenters. The molecule has 1 saturated heterocycles. The maximum absolute atomic E-state index is 6.10. The van der Waals surface area contributed by atoms with E-state index in [4.69, 9.17) is 9.47 Å². The molecule has 0 radical (unpaired) electrons. The summed E-state index contributed by atoms with van der Waals surface area (Å²) in [5.41, 5.74) is 1.68. The molecule has 1 heterocycles. The Hall–Kier alpha value is -0.340. The minimum atomic E-state index is 0.0169. The predicted molar refractivity (Wildman–Crippen MR) is 78.9 cm³/mol. The molecule has 0 spiro atoms. The highest BCUT2D eigenvalue weighted by atomic mass is 16.7. The highest BCUT2D eigenvalue weighted by molar-refractivity contribution is 5.06. The molecule has 1 aliphatic heterocycles. The molecule has 0 amide bonds. The summed E-state index contributed by atoms with van der Waals surface area (Å²) < 4.78 is 12.2. The van der Waals surface area contributed by atoms with Gasteiger partial charge in [0.05, 0.1) is 13.2 Å². The standard InChI is InChI=1S/C17H30O2/c1-6-14(4)17(5)10-18-16(19-11-17)15-8-12(2)7-13(3)9-15/h7,12,14-16H,6,8-11H2,1-5H3. The van der Waals surface area contributed by atoms with Crippen molar-refractivity contribution in [3.8, 4) is 0 Å². The third-order valence-electron chi connectivity index (χ3n) is 5.17. The second-order valence-corrected chi connectivity index (χ2v) is 7.14. The van der Waals surface area contributed by atoms with Crippen LogP contribution in [-0.2, 0) is 9.47 Å². The Morgan fingerprint density at radius 3 is 2.53 bits per heavy atom. The van der Waals surface area contributed by atoms with Gasteiger partial charge in [-0.15, -0.1) is 0 Å². The molecule has 2 heteroatoms. The molecule has 2 rings (SSSR count). The van der Waals surface area contributed by atoms with E-state index in [-0.39, 0.29) is 11.7 Å². The van der Waals surface area contributed by atoms with Gasteiger partial charge < -0.3 is 9.47 Å². The van der Waals surface area contributed by atoms with E-state index in [2.05, 4.69) is 40.7 Å². The van der Waals surface area contributed by atoms with Crippen LogP contribution in [0.2, 0.25) is 0 Å². The van der Waals surface area contributed by atoms with Crippen LogP contribution in [0.15, 0.2) is 11.6 Å². The van der Waals surface area contributed by atoms with Gasteiger partial charge in [0.15, 0.2) is 6.29 Å². The van der Waals surface area contributed by atoms with Gasteiger partial charge in [0.2, 0.25) is 0 Å². The Labute approximate surface area is 118 Å². The minimum Gasteiger partial charge on any atom is -0.352 e. The Morgan fingerprint density at radius 2 is 2.00 bits per heavy atom. The summed E-state index contributed by atoms with van der Waals surface area (Å²) in [5.74, 6) is 1.86. The lowest BCUT2D eigenvalue weighted by Crippen LogP contribution is -2.46. The van der Waals surface area contributed by atoms with E-state index in [1.807, 2.05) is 0 Å². The zero-order chi connectivity index (χ0) is 14.0. The molecule has 2 aliphatic rings. The number of ether oxygens (including phenoxy) is 2. The summed E-state index contributed by atoms with van der Waals surface area (Å²) in [5, 5.41) is 0. The van der Waals surface area contributed by atoms with Crippen molar-refractivity contribution in [2.45, 2.75) is 60.2 Å². The number of rotatable bonds is 3.